The Kier molecular flexibility index (Phi) is 13.9. The van der Waals surface area contributed by atoms with E-state index in [2.05, 4.69) is 20.6 Å². The molecule has 374 valence electrons. The summed E-state index contributed by atoms with van der Waals surface area (Å²) in [4.78, 5) is 75.9. The highest BCUT2D eigenvalue weighted by atomic mass is 19.1. The zero-order chi connectivity index (χ0) is 49.5. The number of ether oxygens (including phenoxy) is 2. The van der Waals surface area contributed by atoms with E-state index in [1.807, 2.05) is 43.6 Å². The van der Waals surface area contributed by atoms with Crippen molar-refractivity contribution in [2.75, 3.05) is 50.2 Å². The Morgan fingerprint density at radius 2 is 1.10 bits per heavy atom. The number of aromatic nitrogens is 4. The normalized spacial score (nSPS) is 21.6. The molecule has 4 saturated heterocycles. The summed E-state index contributed by atoms with van der Waals surface area (Å²) < 4.78 is 59.6. The van der Waals surface area contributed by atoms with E-state index < -0.39 is 65.9 Å². The Morgan fingerprint density at radius 3 is 1.61 bits per heavy atom. The van der Waals surface area contributed by atoms with Crippen molar-refractivity contribution in [1.82, 2.24) is 40.4 Å². The van der Waals surface area contributed by atoms with Crippen LogP contribution in [-0.2, 0) is 19.1 Å². The lowest BCUT2D eigenvalue weighted by Gasteiger charge is -2.35. The number of amides is 4. The fraction of sp³-hybridized carbons (Fsp3) is 0.529. The highest BCUT2D eigenvalue weighted by molar-refractivity contribution is 5.88. The highest BCUT2D eigenvalue weighted by Gasteiger charge is 2.42. The standard InChI is InChI=1S/C51H63F3N10O6/c1-27(2)44(59-50(67)69-5)48(65)62-20-10-12-42(62)46-55-35-23-30(32(52)25-37(35)57-46)39-16-17-40(64(39)29-14-15-41(34(54)22-29)61-18-8-7-9-19-61)31-24-36-38(26-33(31)53)58-47(56-36)43-13-11-21-63(43)49(66)45(28(3)4)60-51(68)70-6/h14-15,22-28,39-40,42-45H,7-13,16-21H2,1-6H3,(H,55,57)(H,56,58)(H,59,67)(H,60,68)/t39-,40-,42+,43+,44+,45+/m1/s1. The number of imidazole rings is 2. The molecule has 0 unspecified atom stereocenters. The molecule has 0 aliphatic carbocycles. The molecule has 2 aromatic heterocycles. The molecule has 6 heterocycles. The summed E-state index contributed by atoms with van der Waals surface area (Å²) in [5, 5.41) is 5.34. The number of carbonyl (C=O) groups excluding carboxylic acids is 4. The summed E-state index contributed by atoms with van der Waals surface area (Å²) in [6, 6.07) is 7.40. The first-order chi connectivity index (χ1) is 33.6. The fourth-order valence-corrected chi connectivity index (χ4v) is 11.2. The molecule has 4 aliphatic rings. The van der Waals surface area contributed by atoms with Crippen LogP contribution in [0.5, 0.6) is 0 Å². The van der Waals surface area contributed by atoms with E-state index >= 15 is 13.2 Å². The Bertz CT molecular complexity index is 2620. The minimum absolute atomic E-state index is 0.220. The number of methoxy groups -OCH3 is 2. The minimum atomic E-state index is -0.823. The summed E-state index contributed by atoms with van der Waals surface area (Å²) in [5.74, 6) is -1.45. The maximum atomic E-state index is 16.8. The van der Waals surface area contributed by atoms with Gasteiger partial charge in [-0.3, -0.25) is 9.59 Å². The number of carbonyl (C=O) groups is 4. The van der Waals surface area contributed by atoms with Crippen LogP contribution in [0.25, 0.3) is 22.1 Å². The van der Waals surface area contributed by atoms with Crippen LogP contribution in [0, 0.1) is 29.3 Å². The van der Waals surface area contributed by atoms with Crippen molar-refractivity contribution in [2.45, 2.75) is 122 Å². The molecule has 0 bridgehead atoms. The molecule has 6 atom stereocenters. The number of halogens is 3. The number of H-pyrrole nitrogens is 2. The van der Waals surface area contributed by atoms with E-state index in [9.17, 15) is 19.2 Å². The van der Waals surface area contributed by atoms with Crippen LogP contribution in [0.15, 0.2) is 42.5 Å². The van der Waals surface area contributed by atoms with Crippen LogP contribution in [0.1, 0.15) is 132 Å². The smallest absolute Gasteiger partial charge is 0.407 e. The van der Waals surface area contributed by atoms with Crippen LogP contribution in [0.4, 0.5) is 34.1 Å². The second-order valence-electron chi connectivity index (χ2n) is 19.8. The van der Waals surface area contributed by atoms with Gasteiger partial charge in [0.2, 0.25) is 11.8 Å². The number of aromatic amines is 2. The molecule has 9 rings (SSSR count). The van der Waals surface area contributed by atoms with E-state index in [0.717, 1.165) is 32.4 Å². The van der Waals surface area contributed by atoms with Gasteiger partial charge < -0.3 is 49.7 Å². The summed E-state index contributed by atoms with van der Waals surface area (Å²) in [6.07, 6.45) is 5.04. The summed E-state index contributed by atoms with van der Waals surface area (Å²) in [5.41, 5.74) is 3.43. The van der Waals surface area contributed by atoms with Crippen molar-refractivity contribution in [3.63, 3.8) is 0 Å². The number of anilines is 2. The molecule has 19 heteroatoms. The molecule has 70 heavy (non-hydrogen) atoms. The summed E-state index contributed by atoms with van der Waals surface area (Å²) in [6.45, 7) is 9.76. The van der Waals surface area contributed by atoms with Crippen LogP contribution in [-0.4, -0.2) is 106 Å². The number of hydrogen-bond acceptors (Lipinski definition) is 10. The molecule has 5 aromatic rings. The SMILES string of the molecule is COC(=O)N[C@H](C(=O)N1CCC[C@H]1c1nc2cc([C@H]3CC[C@H](c4cc5[nH]c([C@@H]6CCCN6C(=O)[C@@H](NC(=O)OC)C(C)C)nc5cc4F)N3c3ccc(N4CCCCC4)c(F)c3)c(F)cc2[nH]1)C(C)C. The summed E-state index contributed by atoms with van der Waals surface area (Å²) >= 11 is 0. The van der Waals surface area contributed by atoms with E-state index in [0.29, 0.717) is 108 Å². The monoisotopic (exact) mass is 968 g/mol. The van der Waals surface area contributed by atoms with Crippen molar-refractivity contribution >= 4 is 57.4 Å². The van der Waals surface area contributed by atoms with Crippen molar-refractivity contribution < 1.29 is 41.8 Å². The number of piperidine rings is 1. The van der Waals surface area contributed by atoms with E-state index in [1.165, 1.54) is 32.4 Å². The Labute approximate surface area is 405 Å². The lowest BCUT2D eigenvalue weighted by Crippen LogP contribution is -2.51. The number of benzene rings is 3. The molecule has 4 aliphatic heterocycles. The van der Waals surface area contributed by atoms with Gasteiger partial charge in [0, 0.05) is 49.1 Å². The van der Waals surface area contributed by atoms with Crippen LogP contribution in [0.3, 0.4) is 0 Å². The van der Waals surface area contributed by atoms with Gasteiger partial charge in [-0.1, -0.05) is 27.7 Å². The highest BCUT2D eigenvalue weighted by Crippen LogP contribution is 2.50. The Morgan fingerprint density at radius 1 is 0.600 bits per heavy atom. The quantitative estimate of drug-likeness (QED) is 0.0942. The first kappa shape index (κ1) is 48.5. The van der Waals surface area contributed by atoms with Crippen LogP contribution < -0.4 is 20.4 Å². The molecule has 4 amide bonds. The number of rotatable bonds is 12. The van der Waals surface area contributed by atoms with Gasteiger partial charge in [0.05, 0.1) is 66.1 Å². The third kappa shape index (κ3) is 9.30. The lowest BCUT2D eigenvalue weighted by molar-refractivity contribution is -0.136. The topological polar surface area (TPSA) is 181 Å². The largest absolute Gasteiger partial charge is 0.453 e. The van der Waals surface area contributed by atoms with Gasteiger partial charge in [0.15, 0.2) is 0 Å². The van der Waals surface area contributed by atoms with Gasteiger partial charge >= 0.3 is 12.2 Å². The predicted octanol–water partition coefficient (Wildman–Crippen LogP) is 9.02. The van der Waals surface area contributed by atoms with Crippen molar-refractivity contribution in [3.05, 3.63) is 82.7 Å². The zero-order valence-electron chi connectivity index (χ0n) is 40.6. The Balaban J connectivity index is 1.05. The molecule has 0 radical (unpaired) electrons. The second kappa shape index (κ2) is 20.1. The number of nitrogens with zero attached hydrogens (tertiary/aromatic N) is 6. The number of nitrogens with one attached hydrogen (secondary N) is 4. The van der Waals surface area contributed by atoms with Crippen molar-refractivity contribution in [1.29, 1.82) is 0 Å². The van der Waals surface area contributed by atoms with E-state index in [1.54, 1.807) is 28.0 Å². The maximum Gasteiger partial charge on any atom is 0.407 e. The van der Waals surface area contributed by atoms with Gasteiger partial charge in [-0.2, -0.15) is 0 Å². The fourth-order valence-electron chi connectivity index (χ4n) is 11.2. The first-order valence-electron chi connectivity index (χ1n) is 24.7. The third-order valence-electron chi connectivity index (χ3n) is 14.8. The molecule has 3 aromatic carbocycles. The first-order valence-corrected chi connectivity index (χ1v) is 24.7. The predicted molar refractivity (Wildman–Crippen MR) is 257 cm³/mol. The van der Waals surface area contributed by atoms with Crippen LogP contribution >= 0.6 is 0 Å². The second-order valence-corrected chi connectivity index (χ2v) is 19.8. The lowest BCUT2D eigenvalue weighted by atomic mass is 10.0. The third-order valence-corrected chi connectivity index (χ3v) is 14.8. The van der Waals surface area contributed by atoms with Gasteiger partial charge in [-0.05, 0) is 106 Å². The van der Waals surface area contributed by atoms with E-state index in [-0.39, 0.29) is 23.7 Å². The average molecular weight is 969 g/mol. The summed E-state index contributed by atoms with van der Waals surface area (Å²) in [7, 11) is 2.49. The van der Waals surface area contributed by atoms with Gasteiger partial charge in [-0.15, -0.1) is 0 Å². The number of alkyl carbamates (subject to hydrolysis) is 2. The maximum absolute atomic E-state index is 16.8. The van der Waals surface area contributed by atoms with Crippen molar-refractivity contribution in [3.8, 4) is 0 Å². The minimum Gasteiger partial charge on any atom is -0.453 e. The molecule has 0 saturated carbocycles. The average Bonchev–Trinajstić information content (AvgIpc) is 4.21. The molecule has 4 N–H and O–H groups in total. The Hall–Kier alpha value is -6.53. The van der Waals surface area contributed by atoms with Gasteiger partial charge in [0.25, 0.3) is 0 Å². The molecular weight excluding hydrogens is 906 g/mol. The number of fused-ring (bicyclic) bond motifs is 2. The molecule has 4 fully saturated rings. The molecule has 0 spiro atoms. The van der Waals surface area contributed by atoms with Crippen molar-refractivity contribution in [2.24, 2.45) is 11.8 Å². The number of likely N-dealkylation sites (tertiary alicyclic amines) is 2. The van der Waals surface area contributed by atoms with Crippen LogP contribution in [0.2, 0.25) is 0 Å². The molecular formula is C51H63F3N10O6. The zero-order valence-corrected chi connectivity index (χ0v) is 40.6. The molecule has 16 nitrogen and oxygen atoms in total. The van der Waals surface area contributed by atoms with Gasteiger partial charge in [0.1, 0.15) is 41.2 Å². The van der Waals surface area contributed by atoms with Gasteiger partial charge in [-0.25, -0.2) is 32.7 Å². The van der Waals surface area contributed by atoms with E-state index in [4.69, 9.17) is 19.4 Å². The number of hydrogen-bond donors (Lipinski definition) is 4.